The number of pyridine rings is 1. The first-order chi connectivity index (χ1) is 8.83. The molecule has 1 N–H and O–H groups in total. The molecule has 18 heavy (non-hydrogen) atoms. The van der Waals surface area contributed by atoms with Gasteiger partial charge >= 0.3 is 0 Å². The van der Waals surface area contributed by atoms with Crippen molar-refractivity contribution in [2.75, 3.05) is 18.4 Å². The minimum atomic E-state index is 0.777. The molecule has 1 saturated carbocycles. The second kappa shape index (κ2) is 6.74. The van der Waals surface area contributed by atoms with Crippen molar-refractivity contribution in [3.05, 3.63) is 23.9 Å². The molecule has 0 saturated heterocycles. The number of anilines is 1. The van der Waals surface area contributed by atoms with Gasteiger partial charge in [0.1, 0.15) is 5.82 Å². The minimum absolute atomic E-state index is 0.777. The molecule has 0 bridgehead atoms. The molecule has 2 rings (SSSR count). The van der Waals surface area contributed by atoms with Crippen molar-refractivity contribution in [1.82, 2.24) is 9.88 Å². The van der Waals surface area contributed by atoms with E-state index in [-0.39, 0.29) is 0 Å². The molecule has 3 nitrogen and oxygen atoms in total. The van der Waals surface area contributed by atoms with E-state index in [4.69, 9.17) is 0 Å². The van der Waals surface area contributed by atoms with E-state index in [0.717, 1.165) is 31.5 Å². The molecule has 0 amide bonds. The molecule has 1 aromatic rings. The van der Waals surface area contributed by atoms with Crippen molar-refractivity contribution in [3.63, 3.8) is 0 Å². The molecule has 1 aliphatic rings. The van der Waals surface area contributed by atoms with Crippen LogP contribution in [-0.4, -0.2) is 29.0 Å². The Balaban J connectivity index is 1.99. The SMILES string of the molecule is CCNc1cccc(CN(CC)C2CCCC2)n1. The van der Waals surface area contributed by atoms with Crippen LogP contribution in [0.5, 0.6) is 0 Å². The Labute approximate surface area is 111 Å². The maximum Gasteiger partial charge on any atom is 0.126 e. The third-order valence-corrected chi connectivity index (χ3v) is 3.78. The Kier molecular flexibility index (Phi) is 5.00. The highest BCUT2D eigenvalue weighted by molar-refractivity contribution is 5.34. The molecule has 100 valence electrons. The summed E-state index contributed by atoms with van der Waals surface area (Å²) in [6.07, 6.45) is 5.51. The molecule has 0 aromatic carbocycles. The van der Waals surface area contributed by atoms with E-state index in [0.29, 0.717) is 0 Å². The van der Waals surface area contributed by atoms with E-state index in [1.165, 1.54) is 31.4 Å². The van der Waals surface area contributed by atoms with E-state index >= 15 is 0 Å². The Bertz CT molecular complexity index is 359. The quantitative estimate of drug-likeness (QED) is 0.836. The lowest BCUT2D eigenvalue weighted by Gasteiger charge is -2.27. The molecular formula is C15H25N3. The van der Waals surface area contributed by atoms with Gasteiger partial charge in [-0.1, -0.05) is 25.8 Å². The van der Waals surface area contributed by atoms with Gasteiger partial charge in [-0.3, -0.25) is 4.90 Å². The van der Waals surface area contributed by atoms with Gasteiger partial charge in [0.15, 0.2) is 0 Å². The number of hydrogen-bond donors (Lipinski definition) is 1. The fraction of sp³-hybridized carbons (Fsp3) is 0.667. The zero-order chi connectivity index (χ0) is 12.8. The van der Waals surface area contributed by atoms with E-state index < -0.39 is 0 Å². The molecular weight excluding hydrogens is 222 g/mol. The number of nitrogens with one attached hydrogen (secondary N) is 1. The molecule has 1 aliphatic carbocycles. The second-order valence-electron chi connectivity index (χ2n) is 5.05. The highest BCUT2D eigenvalue weighted by Crippen LogP contribution is 2.24. The van der Waals surface area contributed by atoms with Crippen LogP contribution in [0.3, 0.4) is 0 Å². The monoisotopic (exact) mass is 247 g/mol. The molecule has 0 unspecified atom stereocenters. The van der Waals surface area contributed by atoms with Gasteiger partial charge in [-0.05, 0) is 38.4 Å². The van der Waals surface area contributed by atoms with Crippen LogP contribution in [0.15, 0.2) is 18.2 Å². The summed E-state index contributed by atoms with van der Waals surface area (Å²) in [5.41, 5.74) is 1.18. The molecule has 1 fully saturated rings. The molecule has 1 heterocycles. The summed E-state index contributed by atoms with van der Waals surface area (Å²) in [5, 5.41) is 3.28. The highest BCUT2D eigenvalue weighted by Gasteiger charge is 2.21. The lowest BCUT2D eigenvalue weighted by Crippen LogP contribution is -2.32. The summed E-state index contributed by atoms with van der Waals surface area (Å²) in [4.78, 5) is 7.24. The number of rotatable bonds is 6. The maximum absolute atomic E-state index is 4.67. The van der Waals surface area contributed by atoms with Crippen molar-refractivity contribution < 1.29 is 0 Å². The van der Waals surface area contributed by atoms with Crippen LogP contribution in [0, 0.1) is 0 Å². The van der Waals surface area contributed by atoms with Gasteiger partial charge in [-0.2, -0.15) is 0 Å². The molecule has 0 radical (unpaired) electrons. The van der Waals surface area contributed by atoms with Crippen LogP contribution in [0.2, 0.25) is 0 Å². The van der Waals surface area contributed by atoms with E-state index in [2.05, 4.69) is 41.2 Å². The standard InChI is InChI=1S/C15H25N3/c1-3-16-15-11-7-8-13(17-15)12-18(4-2)14-9-5-6-10-14/h7-8,11,14H,3-6,9-10,12H2,1-2H3,(H,16,17). The highest BCUT2D eigenvalue weighted by atomic mass is 15.2. The summed E-state index contributed by atoms with van der Waals surface area (Å²) >= 11 is 0. The van der Waals surface area contributed by atoms with Crippen LogP contribution in [0.4, 0.5) is 5.82 Å². The fourth-order valence-electron chi connectivity index (χ4n) is 2.82. The minimum Gasteiger partial charge on any atom is -0.370 e. The number of aromatic nitrogens is 1. The third kappa shape index (κ3) is 3.45. The summed E-state index contributed by atoms with van der Waals surface area (Å²) in [7, 11) is 0. The Morgan fingerprint density at radius 3 is 2.72 bits per heavy atom. The summed E-state index contributed by atoms with van der Waals surface area (Å²) in [6.45, 7) is 7.40. The lowest BCUT2D eigenvalue weighted by atomic mass is 10.2. The molecule has 0 aliphatic heterocycles. The maximum atomic E-state index is 4.67. The zero-order valence-corrected chi connectivity index (χ0v) is 11.7. The predicted molar refractivity (Wildman–Crippen MR) is 76.7 cm³/mol. The smallest absolute Gasteiger partial charge is 0.126 e. The molecule has 0 spiro atoms. The van der Waals surface area contributed by atoms with Crippen LogP contribution >= 0.6 is 0 Å². The number of hydrogen-bond acceptors (Lipinski definition) is 3. The van der Waals surface area contributed by atoms with E-state index in [1.54, 1.807) is 0 Å². The lowest BCUT2D eigenvalue weighted by molar-refractivity contribution is 0.198. The first-order valence-corrected chi connectivity index (χ1v) is 7.27. The average Bonchev–Trinajstić information content (AvgIpc) is 2.90. The Hall–Kier alpha value is -1.09. The van der Waals surface area contributed by atoms with Crippen LogP contribution < -0.4 is 5.32 Å². The van der Waals surface area contributed by atoms with Gasteiger partial charge in [0.25, 0.3) is 0 Å². The molecule has 3 heteroatoms. The zero-order valence-electron chi connectivity index (χ0n) is 11.7. The Morgan fingerprint density at radius 1 is 1.28 bits per heavy atom. The van der Waals surface area contributed by atoms with Gasteiger partial charge in [0.05, 0.1) is 5.69 Å². The van der Waals surface area contributed by atoms with E-state index in [1.807, 2.05) is 6.07 Å². The van der Waals surface area contributed by atoms with Gasteiger partial charge in [0.2, 0.25) is 0 Å². The van der Waals surface area contributed by atoms with Crippen LogP contribution in [-0.2, 0) is 6.54 Å². The van der Waals surface area contributed by atoms with Crippen molar-refractivity contribution in [2.24, 2.45) is 0 Å². The summed E-state index contributed by atoms with van der Waals surface area (Å²) < 4.78 is 0. The van der Waals surface area contributed by atoms with Crippen molar-refractivity contribution in [1.29, 1.82) is 0 Å². The Morgan fingerprint density at radius 2 is 2.06 bits per heavy atom. The molecule has 1 aromatic heterocycles. The van der Waals surface area contributed by atoms with E-state index in [9.17, 15) is 0 Å². The average molecular weight is 247 g/mol. The summed E-state index contributed by atoms with van der Waals surface area (Å²) in [6, 6.07) is 7.06. The van der Waals surface area contributed by atoms with Gasteiger partial charge < -0.3 is 5.32 Å². The van der Waals surface area contributed by atoms with Crippen molar-refractivity contribution >= 4 is 5.82 Å². The summed E-state index contributed by atoms with van der Waals surface area (Å²) in [5.74, 6) is 0.998. The van der Waals surface area contributed by atoms with Crippen molar-refractivity contribution in [2.45, 2.75) is 52.1 Å². The van der Waals surface area contributed by atoms with Crippen LogP contribution in [0.1, 0.15) is 45.2 Å². The normalized spacial score (nSPS) is 16.4. The first-order valence-electron chi connectivity index (χ1n) is 7.27. The first kappa shape index (κ1) is 13.3. The van der Waals surface area contributed by atoms with Gasteiger partial charge in [0, 0.05) is 19.1 Å². The van der Waals surface area contributed by atoms with Crippen LogP contribution in [0.25, 0.3) is 0 Å². The number of nitrogens with zero attached hydrogens (tertiary/aromatic N) is 2. The second-order valence-corrected chi connectivity index (χ2v) is 5.05. The third-order valence-electron chi connectivity index (χ3n) is 3.78. The predicted octanol–water partition coefficient (Wildman–Crippen LogP) is 3.28. The largest absolute Gasteiger partial charge is 0.370 e. The molecule has 0 atom stereocenters. The van der Waals surface area contributed by atoms with Crippen molar-refractivity contribution in [3.8, 4) is 0 Å². The fourth-order valence-corrected chi connectivity index (χ4v) is 2.82. The van der Waals surface area contributed by atoms with Gasteiger partial charge in [-0.15, -0.1) is 0 Å². The van der Waals surface area contributed by atoms with Gasteiger partial charge in [-0.25, -0.2) is 4.98 Å². The topological polar surface area (TPSA) is 28.2 Å².